The number of benzene rings is 2. The molecule has 0 saturated heterocycles. The zero-order valence-corrected chi connectivity index (χ0v) is 18.0. The Labute approximate surface area is 173 Å². The number of hydrogen-bond donors (Lipinski definition) is 2. The lowest BCUT2D eigenvalue weighted by Crippen LogP contribution is -2.45. The van der Waals surface area contributed by atoms with Crippen molar-refractivity contribution in [3.8, 4) is 5.75 Å². The highest BCUT2D eigenvalue weighted by Gasteiger charge is 2.16. The molecule has 0 heterocycles. The fourth-order valence-electron chi connectivity index (χ4n) is 2.72. The molecular formula is C24H32N2O3. The van der Waals surface area contributed by atoms with E-state index in [1.807, 2.05) is 31.2 Å². The third kappa shape index (κ3) is 6.93. The highest BCUT2D eigenvalue weighted by atomic mass is 16.5. The van der Waals surface area contributed by atoms with Crippen molar-refractivity contribution in [2.24, 2.45) is 0 Å². The minimum atomic E-state index is -0.576. The van der Waals surface area contributed by atoms with Crippen LogP contribution in [0.3, 0.4) is 0 Å². The molecule has 5 heteroatoms. The van der Waals surface area contributed by atoms with E-state index in [-0.39, 0.29) is 17.2 Å². The monoisotopic (exact) mass is 396 g/mol. The normalized spacial score (nSPS) is 12.2. The Kier molecular flexibility index (Phi) is 7.82. The fourth-order valence-corrected chi connectivity index (χ4v) is 2.72. The molecule has 2 aromatic rings. The molecule has 5 nitrogen and oxygen atoms in total. The first-order valence-electron chi connectivity index (χ1n) is 10.1. The second kappa shape index (κ2) is 10.1. The summed E-state index contributed by atoms with van der Waals surface area (Å²) in [5.41, 5.74) is 2.86. The van der Waals surface area contributed by atoms with Crippen molar-refractivity contribution in [1.29, 1.82) is 0 Å². The van der Waals surface area contributed by atoms with Crippen LogP contribution in [-0.2, 0) is 16.8 Å². The van der Waals surface area contributed by atoms with Gasteiger partial charge in [-0.3, -0.25) is 9.59 Å². The average Bonchev–Trinajstić information content (AvgIpc) is 2.70. The number of nitrogens with one attached hydrogen (secondary N) is 2. The van der Waals surface area contributed by atoms with E-state index in [9.17, 15) is 9.59 Å². The van der Waals surface area contributed by atoms with Gasteiger partial charge in [0.1, 0.15) is 18.4 Å². The van der Waals surface area contributed by atoms with Crippen LogP contribution in [0.5, 0.6) is 5.75 Å². The number of hydrogen-bond acceptors (Lipinski definition) is 3. The molecular weight excluding hydrogens is 364 g/mol. The van der Waals surface area contributed by atoms with Gasteiger partial charge in [-0.25, -0.2) is 0 Å². The first-order valence-corrected chi connectivity index (χ1v) is 10.1. The molecule has 0 radical (unpaired) electrons. The lowest BCUT2D eigenvalue weighted by molar-refractivity contribution is -0.122. The van der Waals surface area contributed by atoms with E-state index in [0.29, 0.717) is 18.7 Å². The van der Waals surface area contributed by atoms with Crippen molar-refractivity contribution in [2.45, 2.75) is 59.1 Å². The predicted octanol–water partition coefficient (Wildman–Crippen LogP) is 4.21. The molecule has 2 N–H and O–H groups in total. The van der Waals surface area contributed by atoms with Crippen LogP contribution in [0, 0.1) is 0 Å². The maximum atomic E-state index is 12.3. The zero-order chi connectivity index (χ0) is 21.4. The Morgan fingerprint density at radius 1 is 1.00 bits per heavy atom. The third-order valence-electron chi connectivity index (χ3n) is 4.63. The second-order valence-electron chi connectivity index (χ2n) is 8.25. The molecule has 0 unspecified atom stereocenters. The van der Waals surface area contributed by atoms with E-state index < -0.39 is 6.04 Å². The summed E-state index contributed by atoms with van der Waals surface area (Å²) in [6, 6.07) is 14.8. The van der Waals surface area contributed by atoms with Crippen LogP contribution in [0.25, 0.3) is 0 Å². The van der Waals surface area contributed by atoms with E-state index in [1.54, 1.807) is 19.1 Å². The molecule has 0 aliphatic carbocycles. The lowest BCUT2D eigenvalue weighted by atomic mass is 9.87. The van der Waals surface area contributed by atoms with E-state index in [0.717, 1.165) is 17.7 Å². The summed E-state index contributed by atoms with van der Waals surface area (Å²) in [6.07, 6.45) is 0.858. The van der Waals surface area contributed by atoms with E-state index in [4.69, 9.17) is 4.74 Å². The summed E-state index contributed by atoms with van der Waals surface area (Å²) in [5, 5.41) is 5.49. The number of carbonyl (C=O) groups excluding carboxylic acids is 2. The van der Waals surface area contributed by atoms with Gasteiger partial charge < -0.3 is 15.4 Å². The molecule has 1 atom stereocenters. The van der Waals surface area contributed by atoms with Crippen molar-refractivity contribution < 1.29 is 14.3 Å². The Bertz CT molecular complexity index is 806. The van der Waals surface area contributed by atoms with Crippen LogP contribution >= 0.6 is 0 Å². The van der Waals surface area contributed by atoms with Gasteiger partial charge in [0.15, 0.2) is 0 Å². The Morgan fingerprint density at radius 3 is 2.17 bits per heavy atom. The molecule has 0 saturated carbocycles. The zero-order valence-electron chi connectivity index (χ0n) is 18.0. The van der Waals surface area contributed by atoms with Gasteiger partial charge in [-0.05, 0) is 54.2 Å². The molecule has 0 spiro atoms. The van der Waals surface area contributed by atoms with Gasteiger partial charge in [-0.15, -0.1) is 0 Å². The van der Waals surface area contributed by atoms with Crippen LogP contribution in [0.2, 0.25) is 0 Å². The van der Waals surface area contributed by atoms with Crippen LogP contribution in [-0.4, -0.2) is 24.4 Å². The fraction of sp³-hybridized carbons (Fsp3) is 0.417. The first-order chi connectivity index (χ1) is 13.7. The summed E-state index contributed by atoms with van der Waals surface area (Å²) < 4.78 is 5.84. The van der Waals surface area contributed by atoms with Gasteiger partial charge in [0.05, 0.1) is 0 Å². The first kappa shape index (κ1) is 22.5. The minimum Gasteiger partial charge on any atom is -0.489 e. The SMILES string of the molecule is CCCNC(=O)[C@H](C)NC(=O)c1ccc(COc2ccc(C(C)(C)C)cc2)cc1. The summed E-state index contributed by atoms with van der Waals surface area (Å²) in [5.74, 6) is 0.365. The smallest absolute Gasteiger partial charge is 0.251 e. The summed E-state index contributed by atoms with van der Waals surface area (Å²) in [6.45, 7) is 11.2. The molecule has 0 bridgehead atoms. The molecule has 2 aromatic carbocycles. The Hall–Kier alpha value is -2.82. The average molecular weight is 397 g/mol. The minimum absolute atomic E-state index is 0.114. The third-order valence-corrected chi connectivity index (χ3v) is 4.63. The molecule has 2 amide bonds. The van der Waals surface area contributed by atoms with Crippen molar-refractivity contribution in [3.63, 3.8) is 0 Å². The highest BCUT2D eigenvalue weighted by Crippen LogP contribution is 2.24. The van der Waals surface area contributed by atoms with Crippen LogP contribution in [0.15, 0.2) is 48.5 Å². The highest BCUT2D eigenvalue weighted by molar-refractivity contribution is 5.97. The Morgan fingerprint density at radius 2 is 1.62 bits per heavy atom. The quantitative estimate of drug-likeness (QED) is 0.702. The van der Waals surface area contributed by atoms with Crippen LogP contribution in [0.1, 0.15) is 62.5 Å². The molecule has 0 aliphatic heterocycles. The van der Waals surface area contributed by atoms with Gasteiger partial charge >= 0.3 is 0 Å². The second-order valence-corrected chi connectivity index (χ2v) is 8.25. The molecule has 0 fully saturated rings. The molecule has 0 aromatic heterocycles. The van der Waals surface area contributed by atoms with Crippen LogP contribution < -0.4 is 15.4 Å². The number of carbonyl (C=O) groups is 2. The molecule has 2 rings (SSSR count). The van der Waals surface area contributed by atoms with Gasteiger partial charge in [0.25, 0.3) is 5.91 Å². The molecule has 29 heavy (non-hydrogen) atoms. The number of rotatable bonds is 8. The van der Waals surface area contributed by atoms with Gasteiger partial charge in [-0.1, -0.05) is 52.0 Å². The molecule has 0 aliphatic rings. The number of ether oxygens (including phenoxy) is 1. The van der Waals surface area contributed by atoms with E-state index in [1.165, 1.54) is 5.56 Å². The molecule has 156 valence electrons. The standard InChI is InChI=1S/C24H32N2O3/c1-6-15-25-22(27)17(2)26-23(28)19-9-7-18(8-10-19)16-29-21-13-11-20(12-14-21)24(3,4)5/h7-14,17H,6,15-16H2,1-5H3,(H,25,27)(H,26,28)/t17-/m0/s1. The summed E-state index contributed by atoms with van der Waals surface area (Å²) in [7, 11) is 0. The Balaban J connectivity index is 1.88. The van der Waals surface area contributed by atoms with Crippen LogP contribution in [0.4, 0.5) is 0 Å². The lowest BCUT2D eigenvalue weighted by Gasteiger charge is -2.19. The van der Waals surface area contributed by atoms with Gasteiger partial charge in [-0.2, -0.15) is 0 Å². The van der Waals surface area contributed by atoms with Crippen molar-refractivity contribution >= 4 is 11.8 Å². The van der Waals surface area contributed by atoms with Crippen molar-refractivity contribution in [1.82, 2.24) is 10.6 Å². The van der Waals surface area contributed by atoms with E-state index >= 15 is 0 Å². The van der Waals surface area contributed by atoms with Crippen molar-refractivity contribution in [3.05, 3.63) is 65.2 Å². The van der Waals surface area contributed by atoms with Gasteiger partial charge in [0, 0.05) is 12.1 Å². The summed E-state index contributed by atoms with van der Waals surface area (Å²) in [4.78, 5) is 24.2. The summed E-state index contributed by atoms with van der Waals surface area (Å²) >= 11 is 0. The van der Waals surface area contributed by atoms with Crippen molar-refractivity contribution in [2.75, 3.05) is 6.54 Å². The topological polar surface area (TPSA) is 67.4 Å². The van der Waals surface area contributed by atoms with Gasteiger partial charge in [0.2, 0.25) is 5.91 Å². The predicted molar refractivity (Wildman–Crippen MR) is 116 cm³/mol. The number of amides is 2. The maximum Gasteiger partial charge on any atom is 0.251 e. The van der Waals surface area contributed by atoms with E-state index in [2.05, 4.69) is 43.5 Å². The maximum absolute atomic E-state index is 12.3. The largest absolute Gasteiger partial charge is 0.489 e.